The van der Waals surface area contributed by atoms with Crippen molar-refractivity contribution in [2.24, 2.45) is 0 Å². The van der Waals surface area contributed by atoms with E-state index >= 15 is 0 Å². The van der Waals surface area contributed by atoms with Gasteiger partial charge in [0, 0.05) is 13.0 Å². The van der Waals surface area contributed by atoms with E-state index in [0.29, 0.717) is 6.42 Å². The summed E-state index contributed by atoms with van der Waals surface area (Å²) in [5.74, 6) is 0.208. The molecule has 0 N–H and O–H groups in total. The molecular weight excluding hydrogens is 110 g/mol. The quantitative estimate of drug-likeness (QED) is 0.498. The Kier molecular flexibility index (Phi) is 1.33. The van der Waals surface area contributed by atoms with Gasteiger partial charge in [0.1, 0.15) is 0 Å². The minimum atomic E-state index is 0.208. The standard InChI is InChI=1S/C6H9NO/c1-2-7-5-3-4-6(7)8/h2H,1,3-5H2/i3+2,4+2,5+2,6+2. The fraction of sp³-hybridized carbons (Fsp3) is 0.500. The lowest BCUT2D eigenvalue weighted by Crippen LogP contribution is -2.16. The van der Waals surface area contributed by atoms with E-state index in [1.165, 1.54) is 0 Å². The van der Waals surface area contributed by atoms with Gasteiger partial charge in [-0.3, -0.25) is 4.79 Å². The third-order valence-corrected chi connectivity index (χ3v) is 1.33. The van der Waals surface area contributed by atoms with Gasteiger partial charge in [0.2, 0.25) is 5.91 Å². The largest absolute Gasteiger partial charge is 0.320 e. The van der Waals surface area contributed by atoms with E-state index in [0.717, 1.165) is 13.0 Å². The highest BCUT2D eigenvalue weighted by Gasteiger charge is 2.15. The lowest BCUT2D eigenvalue weighted by Gasteiger charge is -2.05. The van der Waals surface area contributed by atoms with Crippen LogP contribution in [0.3, 0.4) is 0 Å². The Bertz CT molecular complexity index is 120. The van der Waals surface area contributed by atoms with Gasteiger partial charge in [-0.1, -0.05) is 6.58 Å². The number of nitrogens with zero attached hydrogens (tertiary/aromatic N) is 1. The summed E-state index contributed by atoms with van der Waals surface area (Å²) >= 11 is 0. The summed E-state index contributed by atoms with van der Waals surface area (Å²) in [6, 6.07) is 0. The van der Waals surface area contributed by atoms with Gasteiger partial charge in [0.15, 0.2) is 0 Å². The SMILES string of the molecule is C=CN1[14CH2][14CH2][14CH2][14C]1=O. The lowest BCUT2D eigenvalue weighted by atomic mass is 11.0. The molecule has 1 heterocycles. The molecule has 0 aromatic heterocycles. The van der Waals surface area contributed by atoms with Crippen LogP contribution in [0.4, 0.5) is 0 Å². The Balaban J connectivity index is 2.54. The van der Waals surface area contributed by atoms with Crippen LogP contribution in [0.2, 0.25) is 0 Å². The molecule has 0 aromatic rings. The number of likely N-dealkylation sites (tertiary alicyclic amines) is 1. The molecule has 0 aromatic carbocycles. The van der Waals surface area contributed by atoms with Gasteiger partial charge in [0.05, 0.1) is 0 Å². The van der Waals surface area contributed by atoms with Gasteiger partial charge in [-0.05, 0) is 12.6 Å². The molecule has 2 heteroatoms. The molecule has 0 saturated carbocycles. The molecule has 0 unspecified atom stereocenters. The van der Waals surface area contributed by atoms with Crippen molar-refractivity contribution < 1.29 is 4.79 Å². The van der Waals surface area contributed by atoms with Gasteiger partial charge in [0.25, 0.3) is 0 Å². The highest BCUT2D eigenvalue weighted by atomic mass is 16.4. The zero-order valence-corrected chi connectivity index (χ0v) is 4.76. The van der Waals surface area contributed by atoms with Gasteiger partial charge < -0.3 is 4.90 Å². The molecule has 2 nitrogen and oxygen atoms in total. The summed E-state index contributed by atoms with van der Waals surface area (Å²) in [5, 5.41) is 0. The predicted molar refractivity (Wildman–Crippen MR) is 31.1 cm³/mol. The van der Waals surface area contributed by atoms with E-state index < -0.39 is 0 Å². The average Bonchev–Trinajstić information content (AvgIpc) is 2.14. The molecule has 0 bridgehead atoms. The van der Waals surface area contributed by atoms with E-state index in [1.807, 2.05) is 0 Å². The monoisotopic (exact) mass is 119 g/mol. The number of hydrogen-bond donors (Lipinski definition) is 0. The van der Waals surface area contributed by atoms with Crippen LogP contribution in [0.1, 0.15) is 12.8 Å². The van der Waals surface area contributed by atoms with Crippen molar-refractivity contribution in [1.29, 1.82) is 0 Å². The third kappa shape index (κ3) is 0.735. The maximum absolute atomic E-state index is 10.7. The van der Waals surface area contributed by atoms with Gasteiger partial charge >= 0.3 is 0 Å². The first-order chi connectivity index (χ1) is 3.84. The number of carbonyl (C=O) groups is 1. The van der Waals surface area contributed by atoms with Crippen molar-refractivity contribution in [2.75, 3.05) is 6.54 Å². The molecule has 1 fully saturated rings. The van der Waals surface area contributed by atoms with E-state index in [9.17, 15) is 4.79 Å². The van der Waals surface area contributed by atoms with Crippen LogP contribution in [0.5, 0.6) is 0 Å². The van der Waals surface area contributed by atoms with Crippen molar-refractivity contribution in [2.45, 2.75) is 12.8 Å². The van der Waals surface area contributed by atoms with Crippen LogP contribution in [0.25, 0.3) is 0 Å². The van der Waals surface area contributed by atoms with Gasteiger partial charge in [-0.2, -0.15) is 0 Å². The summed E-state index contributed by atoms with van der Waals surface area (Å²) in [6.07, 6.45) is 3.28. The molecule has 0 spiro atoms. The summed E-state index contributed by atoms with van der Waals surface area (Å²) in [7, 11) is 0. The zero-order valence-electron chi connectivity index (χ0n) is 4.76. The summed E-state index contributed by atoms with van der Waals surface area (Å²) in [4.78, 5) is 12.3. The summed E-state index contributed by atoms with van der Waals surface area (Å²) in [5.41, 5.74) is 0. The Morgan fingerprint density at radius 2 is 2.50 bits per heavy atom. The Hall–Kier alpha value is -0.790. The van der Waals surface area contributed by atoms with Crippen LogP contribution in [-0.2, 0) is 4.79 Å². The minimum absolute atomic E-state index is 0.208. The fourth-order valence-electron chi connectivity index (χ4n) is 0.862. The Morgan fingerprint density at radius 3 is 2.75 bits per heavy atom. The van der Waals surface area contributed by atoms with Gasteiger partial charge in [-0.25, -0.2) is 0 Å². The first-order valence-electron chi connectivity index (χ1n) is 2.76. The van der Waals surface area contributed by atoms with Gasteiger partial charge in [-0.15, -0.1) is 0 Å². The second-order valence-electron chi connectivity index (χ2n) is 1.87. The predicted octanol–water partition coefficient (Wildman–Crippen LogP) is 0.752. The van der Waals surface area contributed by atoms with Crippen LogP contribution in [0.15, 0.2) is 12.8 Å². The molecule has 1 rings (SSSR count). The fourth-order valence-corrected chi connectivity index (χ4v) is 0.862. The van der Waals surface area contributed by atoms with Crippen molar-refractivity contribution in [1.82, 2.24) is 4.90 Å². The van der Waals surface area contributed by atoms with Crippen molar-refractivity contribution in [3.8, 4) is 0 Å². The van der Waals surface area contributed by atoms with Crippen LogP contribution in [-0.4, -0.2) is 17.4 Å². The molecule has 1 aliphatic rings. The van der Waals surface area contributed by atoms with E-state index in [4.69, 9.17) is 0 Å². The molecule has 0 radical (unpaired) electrons. The molecule has 0 atom stereocenters. The number of amides is 1. The molecule has 1 aliphatic heterocycles. The molecule has 1 amide bonds. The Labute approximate surface area is 48.8 Å². The summed E-state index contributed by atoms with van der Waals surface area (Å²) < 4.78 is 0. The maximum atomic E-state index is 10.7. The first kappa shape index (κ1) is 5.35. The van der Waals surface area contributed by atoms with Crippen LogP contribution >= 0.6 is 0 Å². The van der Waals surface area contributed by atoms with E-state index in [1.54, 1.807) is 11.1 Å². The molecular formula is C6H9NO. The normalized spacial score (nSPS) is 19.5. The lowest BCUT2D eigenvalue weighted by molar-refractivity contribution is -0.125. The minimum Gasteiger partial charge on any atom is -0.320 e. The van der Waals surface area contributed by atoms with E-state index in [2.05, 4.69) is 6.58 Å². The van der Waals surface area contributed by atoms with Crippen LogP contribution in [0, 0.1) is 0 Å². The topological polar surface area (TPSA) is 20.3 Å². The molecule has 44 valence electrons. The maximum Gasteiger partial charge on any atom is 0.226 e. The highest BCUT2D eigenvalue weighted by Crippen LogP contribution is 2.08. The van der Waals surface area contributed by atoms with Crippen molar-refractivity contribution in [3.63, 3.8) is 0 Å². The zero-order chi connectivity index (χ0) is 5.98. The first-order valence-corrected chi connectivity index (χ1v) is 2.76. The average molecular weight is 119 g/mol. The van der Waals surface area contributed by atoms with Crippen molar-refractivity contribution in [3.05, 3.63) is 12.8 Å². The van der Waals surface area contributed by atoms with E-state index in [-0.39, 0.29) is 5.91 Å². The highest BCUT2D eigenvalue weighted by molar-refractivity contribution is 5.78. The molecule has 1 saturated heterocycles. The number of rotatable bonds is 1. The Morgan fingerprint density at radius 1 is 1.75 bits per heavy atom. The second-order valence-corrected chi connectivity index (χ2v) is 1.87. The van der Waals surface area contributed by atoms with Crippen LogP contribution < -0.4 is 0 Å². The summed E-state index contributed by atoms with van der Waals surface area (Å²) in [6.45, 7) is 4.36. The second kappa shape index (κ2) is 1.99. The molecule has 0 aliphatic carbocycles. The number of hydrogen-bond acceptors (Lipinski definition) is 1. The van der Waals surface area contributed by atoms with Crippen molar-refractivity contribution >= 4 is 5.91 Å². The number of carbonyl (C=O) groups excluding carboxylic acids is 1. The third-order valence-electron chi connectivity index (χ3n) is 1.33. The molecule has 8 heavy (non-hydrogen) atoms. The smallest absolute Gasteiger partial charge is 0.226 e.